The first kappa shape index (κ1) is 12.8. The summed E-state index contributed by atoms with van der Waals surface area (Å²) in [6, 6.07) is 8.19. The fourth-order valence-corrected chi connectivity index (χ4v) is 2.00. The van der Waals surface area contributed by atoms with Gasteiger partial charge in [-0.05, 0) is 28.4 Å². The topological polar surface area (TPSA) is 25.8 Å². The van der Waals surface area contributed by atoms with Crippen molar-refractivity contribution in [1.82, 2.24) is 9.97 Å². The largest absolute Gasteiger partial charge is 0.220 e. The van der Waals surface area contributed by atoms with Crippen molar-refractivity contribution in [3.05, 3.63) is 56.0 Å². The van der Waals surface area contributed by atoms with Gasteiger partial charge < -0.3 is 0 Å². The first-order chi connectivity index (χ1) is 8.06. The lowest BCUT2D eigenvalue weighted by Gasteiger charge is -2.04. The highest BCUT2D eigenvalue weighted by molar-refractivity contribution is 9.10. The Morgan fingerprint density at radius 3 is 2.12 bits per heavy atom. The monoisotopic (exact) mass is 330 g/mol. The number of aromatic nitrogens is 2. The standard InChI is InChI=1S/C12H9BrCl2N2/c1-7-2-4-8(5-3-7)6-9-16-11(14)10(13)12(15)17-9/h2-5H,6H2,1H3. The van der Waals surface area contributed by atoms with E-state index >= 15 is 0 Å². The molecule has 88 valence electrons. The number of benzene rings is 1. The highest BCUT2D eigenvalue weighted by Crippen LogP contribution is 2.27. The fourth-order valence-electron chi connectivity index (χ4n) is 1.40. The van der Waals surface area contributed by atoms with Crippen molar-refractivity contribution in [2.24, 2.45) is 0 Å². The Morgan fingerprint density at radius 1 is 1.06 bits per heavy atom. The van der Waals surface area contributed by atoms with Gasteiger partial charge in [0, 0.05) is 6.42 Å². The van der Waals surface area contributed by atoms with Crippen molar-refractivity contribution in [3.8, 4) is 0 Å². The van der Waals surface area contributed by atoms with E-state index < -0.39 is 0 Å². The third-order valence-corrected chi connectivity index (χ3v) is 4.05. The van der Waals surface area contributed by atoms with Crippen LogP contribution >= 0.6 is 39.1 Å². The van der Waals surface area contributed by atoms with E-state index in [9.17, 15) is 0 Å². The molecule has 0 radical (unpaired) electrons. The molecule has 17 heavy (non-hydrogen) atoms. The Hall–Kier alpha value is -0.640. The maximum Gasteiger partial charge on any atom is 0.148 e. The lowest BCUT2D eigenvalue weighted by molar-refractivity contribution is 0.962. The van der Waals surface area contributed by atoms with Crippen molar-refractivity contribution in [1.29, 1.82) is 0 Å². The van der Waals surface area contributed by atoms with E-state index in [1.165, 1.54) is 5.56 Å². The molecule has 0 amide bonds. The van der Waals surface area contributed by atoms with Gasteiger partial charge in [-0.2, -0.15) is 0 Å². The van der Waals surface area contributed by atoms with E-state index in [1.54, 1.807) is 0 Å². The molecule has 0 unspecified atom stereocenters. The number of hydrogen-bond acceptors (Lipinski definition) is 2. The van der Waals surface area contributed by atoms with Gasteiger partial charge in [-0.1, -0.05) is 53.0 Å². The van der Waals surface area contributed by atoms with Gasteiger partial charge in [0.05, 0.1) is 4.47 Å². The molecule has 0 atom stereocenters. The Labute approximate surface area is 118 Å². The minimum atomic E-state index is 0.340. The molecule has 0 aliphatic carbocycles. The maximum atomic E-state index is 5.93. The summed E-state index contributed by atoms with van der Waals surface area (Å²) in [6.45, 7) is 2.05. The average molecular weight is 332 g/mol. The molecule has 2 nitrogen and oxygen atoms in total. The Balaban J connectivity index is 2.27. The second-order valence-electron chi connectivity index (χ2n) is 3.70. The summed E-state index contributed by atoms with van der Waals surface area (Å²) < 4.78 is 0.536. The number of aryl methyl sites for hydroxylation is 1. The highest BCUT2D eigenvalue weighted by Gasteiger charge is 2.09. The van der Waals surface area contributed by atoms with Crippen LogP contribution < -0.4 is 0 Å². The lowest BCUT2D eigenvalue weighted by atomic mass is 10.1. The maximum absolute atomic E-state index is 5.93. The molecule has 5 heteroatoms. The summed E-state index contributed by atoms with van der Waals surface area (Å²) in [7, 11) is 0. The molecule has 0 aliphatic rings. The molecule has 0 fully saturated rings. The van der Waals surface area contributed by atoms with Crippen molar-refractivity contribution >= 4 is 39.1 Å². The SMILES string of the molecule is Cc1ccc(Cc2nc(Cl)c(Br)c(Cl)n2)cc1. The molecule has 0 aliphatic heterocycles. The van der Waals surface area contributed by atoms with Crippen LogP contribution in [-0.4, -0.2) is 9.97 Å². The van der Waals surface area contributed by atoms with Crippen LogP contribution in [-0.2, 0) is 6.42 Å². The van der Waals surface area contributed by atoms with Gasteiger partial charge in [-0.25, -0.2) is 9.97 Å². The molecule has 1 aromatic heterocycles. The number of rotatable bonds is 2. The summed E-state index contributed by atoms with van der Waals surface area (Å²) >= 11 is 15.1. The first-order valence-corrected chi connectivity index (χ1v) is 6.54. The van der Waals surface area contributed by atoms with Crippen molar-refractivity contribution in [2.45, 2.75) is 13.3 Å². The molecule has 0 N–H and O–H groups in total. The minimum absolute atomic E-state index is 0.340. The van der Waals surface area contributed by atoms with E-state index in [2.05, 4.69) is 38.0 Å². The summed E-state index contributed by atoms with van der Waals surface area (Å²) in [6.07, 6.45) is 0.618. The molecule has 0 saturated heterocycles. The first-order valence-electron chi connectivity index (χ1n) is 4.99. The Kier molecular flexibility index (Phi) is 4.02. The number of halogens is 3. The van der Waals surface area contributed by atoms with Crippen molar-refractivity contribution in [3.63, 3.8) is 0 Å². The smallest absolute Gasteiger partial charge is 0.148 e. The molecule has 1 aromatic carbocycles. The molecule has 0 spiro atoms. The highest BCUT2D eigenvalue weighted by atomic mass is 79.9. The molecule has 0 bridgehead atoms. The molecule has 0 saturated carbocycles. The van der Waals surface area contributed by atoms with Crippen LogP contribution in [0, 0.1) is 6.92 Å². The predicted octanol–water partition coefficient (Wildman–Crippen LogP) is 4.45. The number of hydrogen-bond donors (Lipinski definition) is 0. The zero-order valence-corrected chi connectivity index (χ0v) is 12.1. The van der Waals surface area contributed by atoms with Crippen LogP contribution in [0.25, 0.3) is 0 Å². The average Bonchev–Trinajstić information content (AvgIpc) is 2.29. The Morgan fingerprint density at radius 2 is 1.59 bits per heavy atom. The molecule has 1 heterocycles. The third kappa shape index (κ3) is 3.18. The van der Waals surface area contributed by atoms with Crippen molar-refractivity contribution < 1.29 is 0 Å². The fraction of sp³-hybridized carbons (Fsp3) is 0.167. The van der Waals surface area contributed by atoms with E-state index in [0.29, 0.717) is 27.0 Å². The van der Waals surface area contributed by atoms with Gasteiger partial charge in [-0.15, -0.1) is 0 Å². The molecular weight excluding hydrogens is 323 g/mol. The van der Waals surface area contributed by atoms with Gasteiger partial charge in [0.15, 0.2) is 0 Å². The summed E-state index contributed by atoms with van der Waals surface area (Å²) in [5.41, 5.74) is 2.35. The predicted molar refractivity (Wildman–Crippen MR) is 73.7 cm³/mol. The quantitative estimate of drug-likeness (QED) is 0.760. The van der Waals surface area contributed by atoms with Crippen LogP contribution in [0.2, 0.25) is 10.3 Å². The number of nitrogens with zero attached hydrogens (tertiary/aromatic N) is 2. The van der Waals surface area contributed by atoms with E-state index in [0.717, 1.165) is 5.56 Å². The summed E-state index contributed by atoms with van der Waals surface area (Å²) in [4.78, 5) is 8.35. The third-order valence-electron chi connectivity index (χ3n) is 2.30. The van der Waals surface area contributed by atoms with Gasteiger partial charge >= 0.3 is 0 Å². The summed E-state index contributed by atoms with van der Waals surface area (Å²) in [5, 5.41) is 0.680. The zero-order valence-electron chi connectivity index (χ0n) is 9.04. The zero-order chi connectivity index (χ0) is 12.4. The van der Waals surface area contributed by atoms with E-state index in [-0.39, 0.29) is 0 Å². The second-order valence-corrected chi connectivity index (χ2v) is 5.21. The Bertz CT molecular complexity index is 518. The van der Waals surface area contributed by atoms with Crippen LogP contribution in [0.5, 0.6) is 0 Å². The van der Waals surface area contributed by atoms with E-state index in [1.807, 2.05) is 19.1 Å². The molecular formula is C12H9BrCl2N2. The van der Waals surface area contributed by atoms with Crippen molar-refractivity contribution in [2.75, 3.05) is 0 Å². The van der Waals surface area contributed by atoms with Gasteiger partial charge in [0.2, 0.25) is 0 Å². The summed E-state index contributed by atoms with van der Waals surface area (Å²) in [5.74, 6) is 0.618. The lowest BCUT2D eigenvalue weighted by Crippen LogP contribution is -1.98. The van der Waals surface area contributed by atoms with Crippen LogP contribution in [0.1, 0.15) is 17.0 Å². The second kappa shape index (κ2) is 5.34. The van der Waals surface area contributed by atoms with Crippen LogP contribution in [0.3, 0.4) is 0 Å². The minimum Gasteiger partial charge on any atom is -0.220 e. The molecule has 2 rings (SSSR count). The van der Waals surface area contributed by atoms with Crippen LogP contribution in [0.4, 0.5) is 0 Å². The van der Waals surface area contributed by atoms with Crippen LogP contribution in [0.15, 0.2) is 28.7 Å². The van der Waals surface area contributed by atoms with Gasteiger partial charge in [0.1, 0.15) is 16.1 Å². The van der Waals surface area contributed by atoms with Gasteiger partial charge in [0.25, 0.3) is 0 Å². The van der Waals surface area contributed by atoms with Gasteiger partial charge in [-0.3, -0.25) is 0 Å². The van der Waals surface area contributed by atoms with E-state index in [4.69, 9.17) is 23.2 Å². The normalized spacial score (nSPS) is 10.6. The molecule has 2 aromatic rings.